The molecule has 4 rings (SSSR count). The molecule has 2 aromatic heterocycles. The molecule has 36 heavy (non-hydrogen) atoms. The molecule has 2 heterocycles. The van der Waals surface area contributed by atoms with Crippen LogP contribution in [0, 0.1) is 25.5 Å². The number of pyridine rings is 1. The van der Waals surface area contributed by atoms with Gasteiger partial charge in [0.2, 0.25) is 0 Å². The zero-order valence-corrected chi connectivity index (χ0v) is 21.5. The standard InChI is InChI=1S/C28H27ClF2N2O3/c1-15-6-8-17(9-7-15)23-18-12-13-33(14-19-20(29)10-11-21(30)24(19)31)26(18)32-16(2)22(23)25(27(34)35)36-28(3,4)5/h6-13,25H,14H2,1-5H3,(H,34,35). The van der Waals surface area contributed by atoms with E-state index in [0.717, 1.165) is 17.2 Å². The minimum Gasteiger partial charge on any atom is -0.479 e. The quantitative estimate of drug-likeness (QED) is 0.276. The Kier molecular flexibility index (Phi) is 6.90. The van der Waals surface area contributed by atoms with Gasteiger partial charge in [0.1, 0.15) is 5.65 Å². The Labute approximate surface area is 213 Å². The second kappa shape index (κ2) is 9.64. The van der Waals surface area contributed by atoms with Crippen molar-refractivity contribution in [3.05, 3.63) is 87.7 Å². The lowest BCUT2D eigenvalue weighted by molar-refractivity contribution is -0.160. The highest BCUT2D eigenvalue weighted by molar-refractivity contribution is 6.31. The number of ether oxygens (including phenoxy) is 1. The number of hydrogen-bond acceptors (Lipinski definition) is 3. The first-order valence-electron chi connectivity index (χ1n) is 11.5. The van der Waals surface area contributed by atoms with Crippen molar-refractivity contribution >= 4 is 28.6 Å². The lowest BCUT2D eigenvalue weighted by Crippen LogP contribution is -2.28. The van der Waals surface area contributed by atoms with E-state index in [1.54, 1.807) is 44.5 Å². The molecule has 0 bridgehead atoms. The summed E-state index contributed by atoms with van der Waals surface area (Å²) in [6.07, 6.45) is 0.441. The third-order valence-electron chi connectivity index (χ3n) is 5.90. The summed E-state index contributed by atoms with van der Waals surface area (Å²) in [6.45, 7) is 9.03. The van der Waals surface area contributed by atoms with Crippen LogP contribution in [0.3, 0.4) is 0 Å². The fraction of sp³-hybridized carbons (Fsp3) is 0.286. The van der Waals surface area contributed by atoms with Gasteiger partial charge in [-0.05, 0) is 58.4 Å². The van der Waals surface area contributed by atoms with Crippen LogP contribution in [-0.4, -0.2) is 26.2 Å². The average Bonchev–Trinajstić information content (AvgIpc) is 3.19. The van der Waals surface area contributed by atoms with Gasteiger partial charge in [0.05, 0.1) is 12.1 Å². The van der Waals surface area contributed by atoms with Crippen LogP contribution in [0.15, 0.2) is 48.7 Å². The van der Waals surface area contributed by atoms with Crippen LogP contribution in [0.25, 0.3) is 22.2 Å². The van der Waals surface area contributed by atoms with Crippen molar-refractivity contribution < 1.29 is 23.4 Å². The normalized spacial score (nSPS) is 12.8. The molecule has 0 aliphatic heterocycles. The fourth-order valence-electron chi connectivity index (χ4n) is 4.28. The molecule has 0 fully saturated rings. The largest absolute Gasteiger partial charge is 0.479 e. The molecule has 0 saturated carbocycles. The summed E-state index contributed by atoms with van der Waals surface area (Å²) in [4.78, 5) is 17.1. The maximum absolute atomic E-state index is 14.6. The Morgan fingerprint density at radius 2 is 1.78 bits per heavy atom. The summed E-state index contributed by atoms with van der Waals surface area (Å²) in [5, 5.41) is 10.9. The summed E-state index contributed by atoms with van der Waals surface area (Å²) < 4.78 is 36.1. The zero-order chi connectivity index (χ0) is 26.4. The molecule has 0 spiro atoms. The number of carboxylic acids is 1. The van der Waals surface area contributed by atoms with Crippen LogP contribution in [0.4, 0.5) is 8.78 Å². The van der Waals surface area contributed by atoms with Crippen molar-refractivity contribution in [3.8, 4) is 11.1 Å². The molecule has 1 atom stereocenters. The van der Waals surface area contributed by atoms with Gasteiger partial charge in [-0.1, -0.05) is 41.4 Å². The lowest BCUT2D eigenvalue weighted by Gasteiger charge is -2.28. The fourth-order valence-corrected chi connectivity index (χ4v) is 4.49. The summed E-state index contributed by atoms with van der Waals surface area (Å²) >= 11 is 6.18. The summed E-state index contributed by atoms with van der Waals surface area (Å²) in [5.74, 6) is -3.13. The smallest absolute Gasteiger partial charge is 0.337 e. The van der Waals surface area contributed by atoms with Crippen molar-refractivity contribution in [2.45, 2.75) is 52.9 Å². The first kappa shape index (κ1) is 25.8. The molecule has 2 aromatic carbocycles. The Hall–Kier alpha value is -3.29. The molecule has 1 unspecified atom stereocenters. The average molecular weight is 513 g/mol. The van der Waals surface area contributed by atoms with Gasteiger partial charge in [0.25, 0.3) is 0 Å². The number of benzene rings is 2. The summed E-state index contributed by atoms with van der Waals surface area (Å²) in [6, 6.07) is 11.8. The van der Waals surface area contributed by atoms with Crippen molar-refractivity contribution in [1.82, 2.24) is 9.55 Å². The topological polar surface area (TPSA) is 64.3 Å². The van der Waals surface area contributed by atoms with Crippen LogP contribution in [0.1, 0.15) is 49.3 Å². The van der Waals surface area contributed by atoms with Crippen molar-refractivity contribution in [2.75, 3.05) is 0 Å². The number of hydrogen-bond donors (Lipinski definition) is 1. The van der Waals surface area contributed by atoms with Gasteiger partial charge < -0.3 is 14.4 Å². The molecular formula is C28H27ClF2N2O3. The van der Waals surface area contributed by atoms with Gasteiger partial charge in [0, 0.05) is 39.0 Å². The molecule has 0 aliphatic rings. The highest BCUT2D eigenvalue weighted by Gasteiger charge is 2.32. The van der Waals surface area contributed by atoms with E-state index in [1.807, 2.05) is 31.2 Å². The van der Waals surface area contributed by atoms with Gasteiger partial charge in [0.15, 0.2) is 17.7 Å². The van der Waals surface area contributed by atoms with E-state index in [2.05, 4.69) is 0 Å². The molecule has 5 nitrogen and oxygen atoms in total. The van der Waals surface area contributed by atoms with Crippen molar-refractivity contribution in [2.24, 2.45) is 0 Å². The molecule has 0 saturated heterocycles. The number of rotatable bonds is 6. The Morgan fingerprint density at radius 1 is 1.11 bits per heavy atom. The number of aryl methyl sites for hydroxylation is 2. The summed E-state index contributed by atoms with van der Waals surface area (Å²) in [5.41, 5.74) is 3.19. The first-order valence-corrected chi connectivity index (χ1v) is 11.8. The third kappa shape index (κ3) is 4.99. The van der Waals surface area contributed by atoms with E-state index >= 15 is 0 Å². The third-order valence-corrected chi connectivity index (χ3v) is 6.26. The van der Waals surface area contributed by atoms with Gasteiger partial charge >= 0.3 is 5.97 Å². The number of halogens is 3. The second-order valence-corrected chi connectivity index (χ2v) is 10.2. The second-order valence-electron chi connectivity index (χ2n) is 9.80. The van der Waals surface area contributed by atoms with Crippen LogP contribution in [0.2, 0.25) is 5.02 Å². The van der Waals surface area contributed by atoms with Gasteiger partial charge in [-0.15, -0.1) is 0 Å². The maximum atomic E-state index is 14.6. The first-order chi connectivity index (χ1) is 16.9. The van der Waals surface area contributed by atoms with E-state index in [1.165, 1.54) is 6.07 Å². The predicted octanol–water partition coefficient (Wildman–Crippen LogP) is 7.24. The van der Waals surface area contributed by atoms with Crippen molar-refractivity contribution in [3.63, 3.8) is 0 Å². The van der Waals surface area contributed by atoms with Gasteiger partial charge in [-0.3, -0.25) is 0 Å². The highest BCUT2D eigenvalue weighted by Crippen LogP contribution is 2.40. The Bertz CT molecular complexity index is 1460. The molecule has 0 aliphatic carbocycles. The van der Waals surface area contributed by atoms with Crippen LogP contribution >= 0.6 is 11.6 Å². The Morgan fingerprint density at radius 3 is 2.39 bits per heavy atom. The van der Waals surface area contributed by atoms with Crippen molar-refractivity contribution in [1.29, 1.82) is 0 Å². The SMILES string of the molecule is Cc1ccc(-c2c(C(OC(C)(C)C)C(=O)O)c(C)nc3c2ccn3Cc2c(Cl)ccc(F)c2F)cc1. The zero-order valence-electron chi connectivity index (χ0n) is 20.7. The molecule has 4 aromatic rings. The number of nitrogens with zero attached hydrogens (tertiary/aromatic N) is 2. The maximum Gasteiger partial charge on any atom is 0.337 e. The molecule has 1 N–H and O–H groups in total. The van der Waals surface area contributed by atoms with Crippen LogP contribution in [0.5, 0.6) is 0 Å². The number of carboxylic acid groups (broad SMARTS) is 1. The van der Waals surface area contributed by atoms with E-state index in [-0.39, 0.29) is 17.1 Å². The molecule has 0 amide bonds. The van der Waals surface area contributed by atoms with Crippen LogP contribution in [-0.2, 0) is 16.1 Å². The molecule has 8 heteroatoms. The number of aromatic nitrogens is 2. The molecule has 0 radical (unpaired) electrons. The number of carbonyl (C=O) groups is 1. The number of fused-ring (bicyclic) bond motifs is 1. The van der Waals surface area contributed by atoms with E-state index in [9.17, 15) is 18.7 Å². The predicted molar refractivity (Wildman–Crippen MR) is 136 cm³/mol. The Balaban J connectivity index is 1.99. The van der Waals surface area contributed by atoms with Crippen LogP contribution < -0.4 is 0 Å². The molecule has 188 valence electrons. The summed E-state index contributed by atoms with van der Waals surface area (Å²) in [7, 11) is 0. The van der Waals surface area contributed by atoms with Gasteiger partial charge in [-0.2, -0.15) is 0 Å². The van der Waals surface area contributed by atoms with E-state index in [0.29, 0.717) is 27.9 Å². The minimum absolute atomic E-state index is 0.00839. The minimum atomic E-state index is -1.27. The van der Waals surface area contributed by atoms with E-state index < -0.39 is 29.3 Å². The number of aliphatic carboxylic acids is 1. The lowest BCUT2D eigenvalue weighted by atomic mass is 9.92. The monoisotopic (exact) mass is 512 g/mol. The van der Waals surface area contributed by atoms with E-state index in [4.69, 9.17) is 21.3 Å². The molecular weight excluding hydrogens is 486 g/mol. The van der Waals surface area contributed by atoms with Gasteiger partial charge in [-0.25, -0.2) is 18.6 Å². The highest BCUT2D eigenvalue weighted by atomic mass is 35.5.